The first-order valence-electron chi connectivity index (χ1n) is 4.15. The molecule has 1 fully saturated rings. The molecule has 0 aliphatic heterocycles. The summed E-state index contributed by atoms with van der Waals surface area (Å²) in [6.07, 6.45) is 0.722. The van der Waals surface area contributed by atoms with Gasteiger partial charge in [0, 0.05) is 6.42 Å². The number of ketones is 1. The van der Waals surface area contributed by atoms with E-state index in [4.69, 9.17) is 0 Å². The molecule has 76 valence electrons. The second-order valence-corrected chi connectivity index (χ2v) is 4.00. The van der Waals surface area contributed by atoms with Crippen molar-refractivity contribution in [3.05, 3.63) is 0 Å². The molecule has 0 heterocycles. The maximum absolute atomic E-state index is 11.0. The van der Waals surface area contributed by atoms with Gasteiger partial charge in [0.15, 0.2) is 5.78 Å². The van der Waals surface area contributed by atoms with Crippen molar-refractivity contribution in [1.82, 2.24) is 0 Å². The highest BCUT2D eigenvalue weighted by Gasteiger charge is 2.30. The fourth-order valence-electron chi connectivity index (χ4n) is 1.20. The first-order valence-corrected chi connectivity index (χ1v) is 5.49. The monoisotopic (exact) mass is 208 g/mol. The van der Waals surface area contributed by atoms with Gasteiger partial charge in [-0.3, -0.25) is 4.79 Å². The Morgan fingerprint density at radius 2 is 2.23 bits per heavy atom. The van der Waals surface area contributed by atoms with E-state index >= 15 is 0 Å². The first kappa shape index (κ1) is 10.6. The molecule has 1 rings (SSSR count). The van der Waals surface area contributed by atoms with Gasteiger partial charge in [0.1, 0.15) is 6.10 Å². The van der Waals surface area contributed by atoms with Crippen molar-refractivity contribution < 1.29 is 21.6 Å². The number of carbonyl (C=O) groups excluding carboxylic acids is 1. The third kappa shape index (κ3) is 3.06. The number of Topliss-reactive ketones (excluding diaryl/α,β-unsaturated/α-hetero) is 1. The van der Waals surface area contributed by atoms with Gasteiger partial charge in [-0.25, -0.2) is 8.37 Å². The van der Waals surface area contributed by atoms with Crippen LogP contribution in [0.3, 0.4) is 0 Å². The molecule has 0 saturated heterocycles. The maximum Gasteiger partial charge on any atom is 0.400 e. The molecule has 1 aliphatic carbocycles. The Labute approximate surface area is 77.4 Å². The second-order valence-electron chi connectivity index (χ2n) is 2.76. The molecular weight excluding hydrogens is 196 g/mol. The molecule has 1 unspecified atom stereocenters. The van der Waals surface area contributed by atoms with E-state index in [-0.39, 0.29) is 12.4 Å². The van der Waals surface area contributed by atoms with E-state index < -0.39 is 16.5 Å². The van der Waals surface area contributed by atoms with Gasteiger partial charge in [-0.1, -0.05) is 0 Å². The Morgan fingerprint density at radius 1 is 1.54 bits per heavy atom. The molecule has 0 aromatic carbocycles. The Balaban J connectivity index is 2.52. The first-order chi connectivity index (χ1) is 6.05. The summed E-state index contributed by atoms with van der Waals surface area (Å²) < 4.78 is 30.8. The average Bonchev–Trinajstić information content (AvgIpc) is 2.35. The predicted molar refractivity (Wildman–Crippen MR) is 44.3 cm³/mol. The van der Waals surface area contributed by atoms with Crippen LogP contribution in [-0.2, 0) is 23.6 Å². The smallest absolute Gasteiger partial charge is 0.297 e. The third-order valence-corrected chi connectivity index (χ3v) is 2.74. The summed E-state index contributed by atoms with van der Waals surface area (Å²) in [5, 5.41) is 0. The number of carbonyl (C=O) groups is 1. The highest BCUT2D eigenvalue weighted by molar-refractivity contribution is 7.81. The van der Waals surface area contributed by atoms with E-state index in [1.165, 1.54) is 6.92 Å². The van der Waals surface area contributed by atoms with Gasteiger partial charge in [0.05, 0.1) is 6.61 Å². The van der Waals surface area contributed by atoms with Gasteiger partial charge in [0.2, 0.25) is 0 Å². The van der Waals surface area contributed by atoms with Crippen LogP contribution in [-0.4, -0.2) is 26.9 Å². The van der Waals surface area contributed by atoms with Crippen LogP contribution in [0.15, 0.2) is 0 Å². The van der Waals surface area contributed by atoms with Gasteiger partial charge in [0.25, 0.3) is 0 Å². The SMILES string of the molecule is CCOS(=O)(=O)OC1CCCC1=O. The summed E-state index contributed by atoms with van der Waals surface area (Å²) in [6, 6.07) is 0. The molecule has 0 aromatic heterocycles. The van der Waals surface area contributed by atoms with Gasteiger partial charge < -0.3 is 0 Å². The summed E-state index contributed by atoms with van der Waals surface area (Å²) in [4.78, 5) is 11.0. The molecule has 1 saturated carbocycles. The lowest BCUT2D eigenvalue weighted by Gasteiger charge is -2.08. The lowest BCUT2D eigenvalue weighted by molar-refractivity contribution is -0.123. The van der Waals surface area contributed by atoms with E-state index in [9.17, 15) is 13.2 Å². The molecule has 13 heavy (non-hydrogen) atoms. The van der Waals surface area contributed by atoms with Gasteiger partial charge in [-0.2, -0.15) is 8.42 Å². The minimum Gasteiger partial charge on any atom is -0.297 e. The van der Waals surface area contributed by atoms with E-state index in [0.717, 1.165) is 0 Å². The Hall–Kier alpha value is -0.460. The molecule has 5 nitrogen and oxygen atoms in total. The zero-order valence-corrected chi connectivity index (χ0v) is 8.17. The summed E-state index contributed by atoms with van der Waals surface area (Å²) in [7, 11) is -3.97. The van der Waals surface area contributed by atoms with Crippen LogP contribution in [0, 0.1) is 0 Å². The number of rotatable bonds is 4. The molecule has 1 aliphatic rings. The summed E-state index contributed by atoms with van der Waals surface area (Å²) in [5.41, 5.74) is 0. The minimum atomic E-state index is -3.97. The fraction of sp³-hybridized carbons (Fsp3) is 0.857. The predicted octanol–water partition coefficient (Wildman–Crippen LogP) is 0.406. The second kappa shape index (κ2) is 4.17. The van der Waals surface area contributed by atoms with Crippen LogP contribution in [0.5, 0.6) is 0 Å². The van der Waals surface area contributed by atoms with Crippen molar-refractivity contribution in [2.45, 2.75) is 32.3 Å². The fourth-order valence-corrected chi connectivity index (χ4v) is 2.03. The molecule has 6 heteroatoms. The molecule has 0 bridgehead atoms. The molecular formula is C7H12O5S. The lowest BCUT2D eigenvalue weighted by atomic mass is 10.3. The van der Waals surface area contributed by atoms with Crippen LogP contribution >= 0.6 is 0 Å². The Morgan fingerprint density at radius 3 is 2.69 bits per heavy atom. The highest BCUT2D eigenvalue weighted by atomic mass is 32.3. The average molecular weight is 208 g/mol. The van der Waals surface area contributed by atoms with Crippen LogP contribution in [0.4, 0.5) is 0 Å². The van der Waals surface area contributed by atoms with E-state index in [0.29, 0.717) is 19.3 Å². The quantitative estimate of drug-likeness (QED) is 0.669. The molecule has 0 N–H and O–H groups in total. The van der Waals surface area contributed by atoms with E-state index in [1.807, 2.05) is 0 Å². The Bertz CT molecular complexity index is 281. The maximum atomic E-state index is 11.0. The number of hydrogen-bond donors (Lipinski definition) is 0. The molecule has 0 spiro atoms. The van der Waals surface area contributed by atoms with Crippen LogP contribution in [0.25, 0.3) is 0 Å². The van der Waals surface area contributed by atoms with Crippen molar-refractivity contribution in [1.29, 1.82) is 0 Å². The van der Waals surface area contributed by atoms with Crippen molar-refractivity contribution in [2.24, 2.45) is 0 Å². The molecule has 1 atom stereocenters. The topological polar surface area (TPSA) is 69.7 Å². The van der Waals surface area contributed by atoms with Gasteiger partial charge in [-0.05, 0) is 19.8 Å². The summed E-state index contributed by atoms with van der Waals surface area (Å²) in [5.74, 6) is -0.164. The van der Waals surface area contributed by atoms with Crippen molar-refractivity contribution in [3.63, 3.8) is 0 Å². The van der Waals surface area contributed by atoms with Gasteiger partial charge >= 0.3 is 10.4 Å². The van der Waals surface area contributed by atoms with Crippen molar-refractivity contribution in [3.8, 4) is 0 Å². The van der Waals surface area contributed by atoms with Crippen molar-refractivity contribution >= 4 is 16.2 Å². The van der Waals surface area contributed by atoms with E-state index in [2.05, 4.69) is 8.37 Å². The van der Waals surface area contributed by atoms with Crippen LogP contribution in [0.1, 0.15) is 26.2 Å². The standard InChI is InChI=1S/C7H12O5S/c1-2-11-13(9,10)12-7-5-3-4-6(7)8/h7H,2-5H2,1H3. The number of hydrogen-bond acceptors (Lipinski definition) is 5. The van der Waals surface area contributed by atoms with E-state index in [1.54, 1.807) is 0 Å². The zero-order valence-electron chi connectivity index (χ0n) is 7.36. The van der Waals surface area contributed by atoms with Gasteiger partial charge in [-0.15, -0.1) is 0 Å². The molecule has 0 radical (unpaired) electrons. The molecule has 0 aromatic rings. The Kier molecular flexibility index (Phi) is 3.40. The van der Waals surface area contributed by atoms with Crippen molar-refractivity contribution in [2.75, 3.05) is 6.61 Å². The summed E-state index contributed by atoms with van der Waals surface area (Å²) >= 11 is 0. The summed E-state index contributed by atoms with van der Waals surface area (Å²) in [6.45, 7) is 1.56. The van der Waals surface area contributed by atoms with Crippen LogP contribution in [0.2, 0.25) is 0 Å². The van der Waals surface area contributed by atoms with Crippen LogP contribution < -0.4 is 0 Å². The minimum absolute atomic E-state index is 0.0171. The highest BCUT2D eigenvalue weighted by Crippen LogP contribution is 2.19. The zero-order chi connectivity index (χ0) is 9.90. The normalized spacial score (nSPS) is 23.8. The molecule has 0 amide bonds. The lowest BCUT2D eigenvalue weighted by Crippen LogP contribution is -2.23. The largest absolute Gasteiger partial charge is 0.400 e. The third-order valence-electron chi connectivity index (χ3n) is 1.74.